The van der Waals surface area contributed by atoms with Crippen LogP contribution in [0.2, 0.25) is 0 Å². The van der Waals surface area contributed by atoms with Crippen molar-refractivity contribution in [3.63, 3.8) is 0 Å². The van der Waals surface area contributed by atoms with Crippen molar-refractivity contribution in [2.45, 2.75) is 52.1 Å². The zero-order valence-corrected chi connectivity index (χ0v) is 17.9. The smallest absolute Gasteiger partial charge is 0.228 e. The number of carbonyl (C=O) groups is 2. The fourth-order valence-corrected chi connectivity index (χ4v) is 4.78. The van der Waals surface area contributed by atoms with Gasteiger partial charge < -0.3 is 15.1 Å². The fourth-order valence-electron chi connectivity index (χ4n) is 4.17. The molecule has 0 spiro atoms. The number of hydrogen-bond acceptors (Lipinski definition) is 7. The molecular formula is C20H26N6O2S. The molecule has 1 N–H and O–H groups in total. The highest BCUT2D eigenvalue weighted by Crippen LogP contribution is 2.33. The minimum atomic E-state index is -0.0579. The van der Waals surface area contributed by atoms with Crippen molar-refractivity contribution in [3.8, 4) is 0 Å². The van der Waals surface area contributed by atoms with Crippen molar-refractivity contribution >= 4 is 29.0 Å². The number of likely N-dealkylation sites (tertiary alicyclic amines) is 1. The van der Waals surface area contributed by atoms with Gasteiger partial charge in [-0.3, -0.25) is 9.59 Å². The van der Waals surface area contributed by atoms with E-state index in [0.717, 1.165) is 47.2 Å². The van der Waals surface area contributed by atoms with Gasteiger partial charge in [0.2, 0.25) is 11.8 Å². The number of nitrogens with zero attached hydrogens (tertiary/aromatic N) is 5. The normalized spacial score (nSPS) is 18.7. The molecule has 0 saturated carbocycles. The number of anilines is 1. The first-order valence-electron chi connectivity index (χ1n) is 9.99. The van der Waals surface area contributed by atoms with E-state index < -0.39 is 0 Å². The molecule has 154 valence electrons. The molecule has 1 unspecified atom stereocenters. The third-order valence-corrected chi connectivity index (χ3v) is 6.44. The summed E-state index contributed by atoms with van der Waals surface area (Å²) in [6, 6.07) is -0.0579. The highest BCUT2D eigenvalue weighted by molar-refractivity contribution is 7.09. The van der Waals surface area contributed by atoms with Gasteiger partial charge >= 0.3 is 0 Å². The number of thiazole rings is 1. The standard InChI is InChI=1S/C20H26N6O2S/c1-12-22-14(11-29-12)9-18(28)25-8-6-16-15(10-25)19(21-3)24-20(23-16)17-5-4-7-26(17)13(2)27/h11,17H,4-10H2,1-3H3,(H,21,23,24). The Hall–Kier alpha value is -2.55. The molecule has 1 fully saturated rings. The lowest BCUT2D eigenvalue weighted by Gasteiger charge is -2.30. The first-order chi connectivity index (χ1) is 14.0. The maximum atomic E-state index is 12.8. The van der Waals surface area contributed by atoms with E-state index in [-0.39, 0.29) is 17.9 Å². The monoisotopic (exact) mass is 414 g/mol. The van der Waals surface area contributed by atoms with Crippen molar-refractivity contribution in [3.05, 3.63) is 33.2 Å². The van der Waals surface area contributed by atoms with Crippen LogP contribution in [0.4, 0.5) is 5.82 Å². The topological polar surface area (TPSA) is 91.3 Å². The molecule has 29 heavy (non-hydrogen) atoms. The first kappa shape index (κ1) is 19.8. The van der Waals surface area contributed by atoms with Gasteiger partial charge in [-0.25, -0.2) is 15.0 Å². The van der Waals surface area contributed by atoms with E-state index in [1.165, 1.54) is 0 Å². The van der Waals surface area contributed by atoms with E-state index in [1.54, 1.807) is 18.3 Å². The van der Waals surface area contributed by atoms with E-state index in [0.29, 0.717) is 31.8 Å². The SMILES string of the molecule is CNc1nc(C2CCCN2C(C)=O)nc2c1CN(C(=O)Cc1csc(C)n1)CC2. The molecule has 2 aliphatic heterocycles. The zero-order chi connectivity index (χ0) is 20.5. The molecule has 0 aliphatic carbocycles. The summed E-state index contributed by atoms with van der Waals surface area (Å²) >= 11 is 1.56. The van der Waals surface area contributed by atoms with Gasteiger partial charge in [-0.2, -0.15) is 0 Å². The summed E-state index contributed by atoms with van der Waals surface area (Å²) in [6.07, 6.45) is 2.87. The van der Waals surface area contributed by atoms with Crippen molar-refractivity contribution in [1.29, 1.82) is 0 Å². The molecule has 1 saturated heterocycles. The van der Waals surface area contributed by atoms with E-state index in [2.05, 4.69) is 10.3 Å². The van der Waals surface area contributed by atoms with Crippen molar-refractivity contribution in [2.75, 3.05) is 25.5 Å². The molecule has 2 aromatic rings. The highest BCUT2D eigenvalue weighted by atomic mass is 32.1. The van der Waals surface area contributed by atoms with E-state index >= 15 is 0 Å². The number of hydrogen-bond donors (Lipinski definition) is 1. The number of aromatic nitrogens is 3. The molecule has 4 rings (SSSR count). The van der Waals surface area contributed by atoms with Gasteiger partial charge in [0.1, 0.15) is 5.82 Å². The second kappa shape index (κ2) is 8.06. The first-order valence-corrected chi connectivity index (χ1v) is 10.9. The van der Waals surface area contributed by atoms with Gasteiger partial charge in [0, 0.05) is 44.4 Å². The van der Waals surface area contributed by atoms with E-state index in [1.807, 2.05) is 29.2 Å². The summed E-state index contributed by atoms with van der Waals surface area (Å²) in [7, 11) is 1.84. The van der Waals surface area contributed by atoms with Gasteiger partial charge in [-0.15, -0.1) is 11.3 Å². The molecule has 8 nitrogen and oxygen atoms in total. The third-order valence-electron chi connectivity index (χ3n) is 5.62. The molecule has 0 radical (unpaired) electrons. The molecule has 0 bridgehead atoms. The second-order valence-electron chi connectivity index (χ2n) is 7.58. The Morgan fingerprint density at radius 1 is 1.28 bits per heavy atom. The average molecular weight is 415 g/mol. The van der Waals surface area contributed by atoms with Gasteiger partial charge in [0.15, 0.2) is 5.82 Å². The number of aryl methyl sites for hydroxylation is 1. The van der Waals surface area contributed by atoms with Gasteiger partial charge in [-0.05, 0) is 19.8 Å². The maximum Gasteiger partial charge on any atom is 0.228 e. The molecule has 2 aromatic heterocycles. The van der Waals surface area contributed by atoms with Crippen molar-refractivity contribution in [1.82, 2.24) is 24.8 Å². The Kier molecular flexibility index (Phi) is 5.49. The maximum absolute atomic E-state index is 12.8. The molecule has 2 aliphatic rings. The Balaban J connectivity index is 1.55. The average Bonchev–Trinajstić information content (AvgIpc) is 3.35. The molecule has 9 heteroatoms. The quantitative estimate of drug-likeness (QED) is 0.824. The zero-order valence-electron chi connectivity index (χ0n) is 17.1. The van der Waals surface area contributed by atoms with Crippen LogP contribution in [0, 0.1) is 6.92 Å². The van der Waals surface area contributed by atoms with Gasteiger partial charge in [0.25, 0.3) is 0 Å². The number of fused-ring (bicyclic) bond motifs is 1. The summed E-state index contributed by atoms with van der Waals surface area (Å²) in [5, 5.41) is 6.09. The fraction of sp³-hybridized carbons (Fsp3) is 0.550. The second-order valence-corrected chi connectivity index (χ2v) is 8.64. The van der Waals surface area contributed by atoms with Crippen LogP contribution in [0.25, 0.3) is 0 Å². The molecule has 4 heterocycles. The number of carbonyl (C=O) groups excluding carboxylic acids is 2. The van der Waals surface area contributed by atoms with Crippen LogP contribution in [0.1, 0.15) is 53.6 Å². The third kappa shape index (κ3) is 3.96. The molecular weight excluding hydrogens is 388 g/mol. The van der Waals surface area contributed by atoms with E-state index in [9.17, 15) is 9.59 Å². The van der Waals surface area contributed by atoms with Crippen LogP contribution in [-0.4, -0.2) is 56.7 Å². The Morgan fingerprint density at radius 2 is 2.10 bits per heavy atom. The summed E-state index contributed by atoms with van der Waals surface area (Å²) in [4.78, 5) is 42.4. The lowest BCUT2D eigenvalue weighted by Crippen LogP contribution is -2.38. The van der Waals surface area contributed by atoms with Gasteiger partial charge in [-0.1, -0.05) is 0 Å². The van der Waals surface area contributed by atoms with Crippen LogP contribution < -0.4 is 5.32 Å². The lowest BCUT2D eigenvalue weighted by atomic mass is 10.0. The van der Waals surface area contributed by atoms with E-state index in [4.69, 9.17) is 9.97 Å². The van der Waals surface area contributed by atoms with Crippen molar-refractivity contribution < 1.29 is 9.59 Å². The Bertz CT molecular complexity index is 926. The Labute approximate surface area is 174 Å². The summed E-state index contributed by atoms with van der Waals surface area (Å²) in [5.74, 6) is 1.60. The largest absolute Gasteiger partial charge is 0.373 e. The Morgan fingerprint density at radius 3 is 2.79 bits per heavy atom. The minimum Gasteiger partial charge on any atom is -0.373 e. The summed E-state index contributed by atoms with van der Waals surface area (Å²) < 4.78 is 0. The van der Waals surface area contributed by atoms with Crippen LogP contribution in [0.3, 0.4) is 0 Å². The summed E-state index contributed by atoms with van der Waals surface area (Å²) in [5.41, 5.74) is 2.77. The van der Waals surface area contributed by atoms with Crippen LogP contribution in [0.15, 0.2) is 5.38 Å². The van der Waals surface area contributed by atoms with Crippen molar-refractivity contribution in [2.24, 2.45) is 0 Å². The minimum absolute atomic E-state index is 0.0579. The van der Waals surface area contributed by atoms with Gasteiger partial charge in [0.05, 0.1) is 35.4 Å². The highest BCUT2D eigenvalue weighted by Gasteiger charge is 2.32. The number of rotatable bonds is 4. The molecule has 0 aromatic carbocycles. The summed E-state index contributed by atoms with van der Waals surface area (Å²) in [6.45, 7) is 5.43. The lowest BCUT2D eigenvalue weighted by molar-refractivity contribution is -0.131. The van der Waals surface area contributed by atoms with Crippen LogP contribution in [0.5, 0.6) is 0 Å². The van der Waals surface area contributed by atoms with Crippen LogP contribution >= 0.6 is 11.3 Å². The number of amides is 2. The van der Waals surface area contributed by atoms with Crippen LogP contribution in [-0.2, 0) is 29.0 Å². The molecule has 1 atom stereocenters. The molecule has 2 amide bonds. The predicted molar refractivity (Wildman–Crippen MR) is 111 cm³/mol. The number of nitrogens with one attached hydrogen (secondary N) is 1. The predicted octanol–water partition coefficient (Wildman–Crippen LogP) is 2.09.